The highest BCUT2D eigenvalue weighted by atomic mass is 79.9. The van der Waals surface area contributed by atoms with Crippen LogP contribution in [0.4, 0.5) is 0 Å². The fourth-order valence-electron chi connectivity index (χ4n) is 1.76. The maximum atomic E-state index is 12.3. The zero-order chi connectivity index (χ0) is 12.4. The van der Waals surface area contributed by atoms with Crippen molar-refractivity contribution in [1.82, 2.24) is 9.88 Å². The van der Waals surface area contributed by atoms with E-state index in [4.69, 9.17) is 0 Å². The lowest BCUT2D eigenvalue weighted by Gasteiger charge is -2.26. The van der Waals surface area contributed by atoms with E-state index in [-0.39, 0.29) is 11.9 Å². The molecule has 0 bridgehead atoms. The van der Waals surface area contributed by atoms with Gasteiger partial charge in [0.2, 0.25) is 0 Å². The third-order valence-corrected chi connectivity index (χ3v) is 3.45. The summed E-state index contributed by atoms with van der Waals surface area (Å²) in [6.07, 6.45) is 4.18. The lowest BCUT2D eigenvalue weighted by molar-refractivity contribution is 0.0690. The van der Waals surface area contributed by atoms with E-state index < -0.39 is 0 Å². The van der Waals surface area contributed by atoms with Crippen LogP contribution in [0, 0.1) is 5.92 Å². The number of pyridine rings is 1. The van der Waals surface area contributed by atoms with Crippen molar-refractivity contribution in [2.75, 3.05) is 6.54 Å². The molecule has 2 rings (SSSR count). The first-order valence-electron chi connectivity index (χ1n) is 6.00. The van der Waals surface area contributed by atoms with Gasteiger partial charge in [-0.2, -0.15) is 0 Å². The smallest absolute Gasteiger partial charge is 0.272 e. The Bertz CT molecular complexity index is 398. The average Bonchev–Trinajstić information content (AvgIpc) is 3.09. The molecule has 1 aliphatic rings. The number of nitrogens with zero attached hydrogens (tertiary/aromatic N) is 2. The van der Waals surface area contributed by atoms with Crippen LogP contribution in [0.2, 0.25) is 0 Å². The van der Waals surface area contributed by atoms with Gasteiger partial charge in [0.15, 0.2) is 0 Å². The molecule has 0 atom stereocenters. The minimum Gasteiger partial charge on any atom is -0.335 e. The van der Waals surface area contributed by atoms with Gasteiger partial charge in [0.05, 0.1) is 0 Å². The molecule has 1 fully saturated rings. The van der Waals surface area contributed by atoms with Gasteiger partial charge in [-0.05, 0) is 60.7 Å². The molecule has 0 N–H and O–H groups in total. The summed E-state index contributed by atoms with van der Waals surface area (Å²) < 4.78 is 0.896. The van der Waals surface area contributed by atoms with E-state index in [0.29, 0.717) is 11.6 Å². The topological polar surface area (TPSA) is 33.2 Å². The molecule has 1 aliphatic carbocycles. The van der Waals surface area contributed by atoms with E-state index in [1.165, 1.54) is 12.8 Å². The molecule has 0 saturated heterocycles. The number of carbonyl (C=O) groups is 1. The first-order valence-corrected chi connectivity index (χ1v) is 6.79. The normalized spacial score (nSPS) is 15.1. The minimum atomic E-state index is 0.0411. The van der Waals surface area contributed by atoms with Gasteiger partial charge in [-0.25, -0.2) is 4.98 Å². The SMILES string of the molecule is CC(C)N(CC1CC1)C(=O)c1ccc(Br)cn1. The third-order valence-electron chi connectivity index (χ3n) is 2.98. The number of aromatic nitrogens is 1. The van der Waals surface area contributed by atoms with Gasteiger partial charge in [0.1, 0.15) is 5.69 Å². The average molecular weight is 297 g/mol. The molecule has 0 radical (unpaired) electrons. The number of amides is 1. The summed E-state index contributed by atoms with van der Waals surface area (Å²) in [5, 5.41) is 0. The molecule has 0 aliphatic heterocycles. The highest BCUT2D eigenvalue weighted by Gasteiger charge is 2.29. The van der Waals surface area contributed by atoms with Gasteiger partial charge >= 0.3 is 0 Å². The van der Waals surface area contributed by atoms with Crippen LogP contribution >= 0.6 is 15.9 Å². The Hall–Kier alpha value is -0.900. The summed E-state index contributed by atoms with van der Waals surface area (Å²) in [5.41, 5.74) is 0.530. The molecule has 92 valence electrons. The van der Waals surface area contributed by atoms with E-state index in [1.807, 2.05) is 11.0 Å². The largest absolute Gasteiger partial charge is 0.335 e. The van der Waals surface area contributed by atoms with Crippen molar-refractivity contribution in [3.63, 3.8) is 0 Å². The number of carbonyl (C=O) groups excluding carboxylic acids is 1. The van der Waals surface area contributed by atoms with Crippen molar-refractivity contribution >= 4 is 21.8 Å². The molecule has 0 spiro atoms. The Kier molecular flexibility index (Phi) is 3.82. The molecule has 0 unspecified atom stereocenters. The van der Waals surface area contributed by atoms with E-state index in [1.54, 1.807) is 12.3 Å². The number of hydrogen-bond acceptors (Lipinski definition) is 2. The zero-order valence-electron chi connectivity index (χ0n) is 10.2. The quantitative estimate of drug-likeness (QED) is 0.855. The third kappa shape index (κ3) is 3.28. The number of halogens is 1. The predicted molar refractivity (Wildman–Crippen MR) is 70.8 cm³/mol. The van der Waals surface area contributed by atoms with Crippen molar-refractivity contribution in [2.45, 2.75) is 32.7 Å². The van der Waals surface area contributed by atoms with Crippen molar-refractivity contribution in [3.05, 3.63) is 28.5 Å². The van der Waals surface area contributed by atoms with Crippen LogP contribution in [0.3, 0.4) is 0 Å². The van der Waals surface area contributed by atoms with Crippen LogP contribution in [-0.4, -0.2) is 28.4 Å². The predicted octanol–water partition coefficient (Wildman–Crippen LogP) is 3.10. The molecule has 17 heavy (non-hydrogen) atoms. The lowest BCUT2D eigenvalue weighted by Crippen LogP contribution is -2.38. The van der Waals surface area contributed by atoms with Crippen molar-refractivity contribution < 1.29 is 4.79 Å². The van der Waals surface area contributed by atoms with E-state index in [2.05, 4.69) is 34.8 Å². The molecular formula is C13H17BrN2O. The fourth-order valence-corrected chi connectivity index (χ4v) is 1.99. The summed E-state index contributed by atoms with van der Waals surface area (Å²) in [6, 6.07) is 3.86. The minimum absolute atomic E-state index is 0.0411. The van der Waals surface area contributed by atoms with Gasteiger partial charge in [-0.1, -0.05) is 0 Å². The van der Waals surface area contributed by atoms with E-state index >= 15 is 0 Å². The Morgan fingerprint density at radius 3 is 2.71 bits per heavy atom. The van der Waals surface area contributed by atoms with Gasteiger partial charge in [0.25, 0.3) is 5.91 Å². The molecule has 4 heteroatoms. The van der Waals surface area contributed by atoms with Crippen LogP contribution in [0.1, 0.15) is 37.2 Å². The second kappa shape index (κ2) is 5.17. The Morgan fingerprint density at radius 2 is 2.24 bits per heavy atom. The highest BCUT2D eigenvalue weighted by Crippen LogP contribution is 2.30. The van der Waals surface area contributed by atoms with Crippen LogP contribution in [0.15, 0.2) is 22.8 Å². The fraction of sp³-hybridized carbons (Fsp3) is 0.538. The summed E-state index contributed by atoms with van der Waals surface area (Å²) in [6.45, 7) is 4.98. The van der Waals surface area contributed by atoms with Gasteiger partial charge in [0, 0.05) is 23.3 Å². The summed E-state index contributed by atoms with van der Waals surface area (Å²) >= 11 is 3.32. The van der Waals surface area contributed by atoms with Gasteiger partial charge in [-0.3, -0.25) is 4.79 Å². The molecular weight excluding hydrogens is 280 g/mol. The number of rotatable bonds is 4. The Morgan fingerprint density at radius 1 is 1.53 bits per heavy atom. The van der Waals surface area contributed by atoms with E-state index in [0.717, 1.165) is 11.0 Å². The standard InChI is InChI=1S/C13H17BrN2O/c1-9(2)16(8-10-3-4-10)13(17)12-6-5-11(14)7-15-12/h5-7,9-10H,3-4,8H2,1-2H3. The van der Waals surface area contributed by atoms with Crippen LogP contribution in [0.5, 0.6) is 0 Å². The summed E-state index contributed by atoms with van der Waals surface area (Å²) in [4.78, 5) is 18.4. The summed E-state index contributed by atoms with van der Waals surface area (Å²) in [7, 11) is 0. The maximum absolute atomic E-state index is 12.3. The van der Waals surface area contributed by atoms with Gasteiger partial charge < -0.3 is 4.90 Å². The Balaban J connectivity index is 2.11. The zero-order valence-corrected chi connectivity index (χ0v) is 11.8. The molecule has 1 aromatic rings. The molecule has 1 aromatic heterocycles. The maximum Gasteiger partial charge on any atom is 0.272 e. The van der Waals surface area contributed by atoms with Crippen LogP contribution in [0.25, 0.3) is 0 Å². The molecule has 1 heterocycles. The van der Waals surface area contributed by atoms with Crippen molar-refractivity contribution in [1.29, 1.82) is 0 Å². The Labute approximate surface area is 110 Å². The highest BCUT2D eigenvalue weighted by molar-refractivity contribution is 9.10. The molecule has 1 amide bonds. The summed E-state index contributed by atoms with van der Waals surface area (Å²) in [5.74, 6) is 0.746. The van der Waals surface area contributed by atoms with Gasteiger partial charge in [-0.15, -0.1) is 0 Å². The molecule has 3 nitrogen and oxygen atoms in total. The second-order valence-corrected chi connectivity index (χ2v) is 5.77. The lowest BCUT2D eigenvalue weighted by atomic mass is 10.2. The molecule has 0 aromatic carbocycles. The van der Waals surface area contributed by atoms with Crippen LogP contribution in [-0.2, 0) is 0 Å². The molecule has 1 saturated carbocycles. The second-order valence-electron chi connectivity index (χ2n) is 4.86. The van der Waals surface area contributed by atoms with E-state index in [9.17, 15) is 4.79 Å². The monoisotopic (exact) mass is 296 g/mol. The first-order chi connectivity index (χ1) is 8.08. The first kappa shape index (κ1) is 12.6. The number of hydrogen-bond donors (Lipinski definition) is 0. The van der Waals surface area contributed by atoms with Crippen LogP contribution < -0.4 is 0 Å². The van der Waals surface area contributed by atoms with Crippen molar-refractivity contribution in [3.8, 4) is 0 Å². The van der Waals surface area contributed by atoms with Crippen molar-refractivity contribution in [2.24, 2.45) is 5.92 Å².